The van der Waals surface area contributed by atoms with Crippen molar-refractivity contribution in [1.29, 1.82) is 0 Å². The lowest BCUT2D eigenvalue weighted by Gasteiger charge is -2.02. The Hall–Kier alpha value is -3.02. The second-order valence-electron chi connectivity index (χ2n) is 4.33. The van der Waals surface area contributed by atoms with E-state index in [0.717, 1.165) is 0 Å². The van der Waals surface area contributed by atoms with E-state index in [1.165, 1.54) is 12.3 Å². The molecule has 0 bridgehead atoms. The van der Waals surface area contributed by atoms with E-state index >= 15 is 0 Å². The molecule has 0 radical (unpaired) electrons. The highest BCUT2D eigenvalue weighted by Gasteiger charge is 2.14. The van der Waals surface area contributed by atoms with Gasteiger partial charge >= 0.3 is 11.3 Å². The summed E-state index contributed by atoms with van der Waals surface area (Å²) < 4.78 is 9.69. The minimum atomic E-state index is -1.12. The zero-order valence-corrected chi connectivity index (χ0v) is 10.7. The van der Waals surface area contributed by atoms with Crippen molar-refractivity contribution in [3.05, 3.63) is 74.7 Å². The average Bonchev–Trinajstić information content (AvgIpc) is 2.50. The number of carbonyl (C=O) groups is 1. The predicted octanol–water partition coefficient (Wildman–Crippen LogP) is 1.57. The Kier molecular flexibility index (Phi) is 3.19. The number of pyridine rings is 1. The molecule has 0 saturated heterocycles. The van der Waals surface area contributed by atoms with Crippen LogP contribution >= 0.6 is 0 Å². The minimum absolute atomic E-state index is 0.0198. The normalized spacial score (nSPS) is 10.7. The van der Waals surface area contributed by atoms with Crippen molar-refractivity contribution in [2.45, 2.75) is 6.42 Å². The maximum atomic E-state index is 12.2. The number of benzene rings is 1. The second-order valence-corrected chi connectivity index (χ2v) is 4.33. The van der Waals surface area contributed by atoms with E-state index in [2.05, 4.69) is 4.98 Å². The molecule has 0 unspecified atom stereocenters. The third-order valence-corrected chi connectivity index (χ3v) is 2.93. The summed E-state index contributed by atoms with van der Waals surface area (Å²) in [6.07, 6.45) is 1.33. The molecule has 0 aliphatic carbocycles. The van der Waals surface area contributed by atoms with Crippen LogP contribution in [0.1, 0.15) is 16.1 Å². The first kappa shape index (κ1) is 13.0. The summed E-state index contributed by atoms with van der Waals surface area (Å²) in [7, 11) is 0. The molecule has 0 atom stereocenters. The van der Waals surface area contributed by atoms with E-state index in [1.54, 1.807) is 30.3 Å². The molecule has 1 aromatic carbocycles. The molecule has 0 spiro atoms. The fourth-order valence-corrected chi connectivity index (χ4v) is 1.94. The molecule has 21 heavy (non-hydrogen) atoms. The van der Waals surface area contributed by atoms with E-state index < -0.39 is 11.3 Å². The minimum Gasteiger partial charge on any atom is -0.414 e. The van der Waals surface area contributed by atoms with Crippen LogP contribution in [0.5, 0.6) is 0 Å². The zero-order valence-electron chi connectivity index (χ0n) is 10.7. The van der Waals surface area contributed by atoms with Gasteiger partial charge in [0.15, 0.2) is 16.9 Å². The smallest absolute Gasteiger partial charge is 0.414 e. The van der Waals surface area contributed by atoms with E-state index in [0.29, 0.717) is 5.56 Å². The number of ketones is 1. The maximum absolute atomic E-state index is 12.2. The Morgan fingerprint density at radius 1 is 1.00 bits per heavy atom. The highest BCUT2D eigenvalue weighted by molar-refractivity contribution is 5.98. The fraction of sp³-hybridized carbons (Fsp3) is 0.0667. The Labute approximate surface area is 117 Å². The third kappa shape index (κ3) is 2.51. The van der Waals surface area contributed by atoms with E-state index in [9.17, 15) is 14.4 Å². The number of Topliss-reactive ketones (excluding diaryl/α,β-unsaturated/α-hetero) is 1. The number of fused-ring (bicyclic) bond motifs is 1. The molecule has 3 aromatic rings. The maximum Gasteiger partial charge on any atom is 0.423 e. The molecular weight excluding hydrogens is 274 g/mol. The van der Waals surface area contributed by atoms with Crippen LogP contribution in [0.15, 0.2) is 61.0 Å². The molecular formula is C15H9NO5. The van der Waals surface area contributed by atoms with Gasteiger partial charge < -0.3 is 8.83 Å². The van der Waals surface area contributed by atoms with E-state index in [4.69, 9.17) is 8.83 Å². The molecule has 0 aliphatic heterocycles. The van der Waals surface area contributed by atoms with Crippen LogP contribution in [0.3, 0.4) is 0 Å². The zero-order chi connectivity index (χ0) is 14.8. The summed E-state index contributed by atoms with van der Waals surface area (Å²) in [5.41, 5.74) is -1.33. The molecule has 0 fully saturated rings. The van der Waals surface area contributed by atoms with Gasteiger partial charge in [0.05, 0.1) is 12.1 Å². The SMILES string of the molecule is O=C(Cc1nccc2oc(=O)c(=O)oc12)c1ccccc1. The van der Waals surface area contributed by atoms with Gasteiger partial charge in [-0.2, -0.15) is 0 Å². The van der Waals surface area contributed by atoms with Gasteiger partial charge in [0.1, 0.15) is 0 Å². The second kappa shape index (κ2) is 5.16. The lowest BCUT2D eigenvalue weighted by atomic mass is 10.1. The monoisotopic (exact) mass is 283 g/mol. The topological polar surface area (TPSA) is 90.4 Å². The highest BCUT2D eigenvalue weighted by Crippen LogP contribution is 2.15. The third-order valence-electron chi connectivity index (χ3n) is 2.93. The van der Waals surface area contributed by atoms with Crippen molar-refractivity contribution in [3.63, 3.8) is 0 Å². The highest BCUT2D eigenvalue weighted by atomic mass is 16.5. The first-order chi connectivity index (χ1) is 10.1. The van der Waals surface area contributed by atoms with Gasteiger partial charge in [-0.05, 0) is 0 Å². The van der Waals surface area contributed by atoms with Gasteiger partial charge in [-0.25, -0.2) is 9.59 Å². The first-order valence-corrected chi connectivity index (χ1v) is 6.15. The summed E-state index contributed by atoms with van der Waals surface area (Å²) in [5.74, 6) is -0.176. The van der Waals surface area contributed by atoms with Gasteiger partial charge in [-0.1, -0.05) is 30.3 Å². The van der Waals surface area contributed by atoms with Crippen LogP contribution in [0.25, 0.3) is 11.2 Å². The Balaban J connectivity index is 2.05. The number of aromatic nitrogens is 1. The quantitative estimate of drug-likeness (QED) is 0.535. The van der Waals surface area contributed by atoms with Gasteiger partial charge in [0.25, 0.3) is 0 Å². The Morgan fingerprint density at radius 2 is 1.71 bits per heavy atom. The van der Waals surface area contributed by atoms with Crippen LogP contribution in [0.2, 0.25) is 0 Å². The summed E-state index contributed by atoms with van der Waals surface area (Å²) in [6, 6.07) is 10.1. The van der Waals surface area contributed by atoms with Crippen LogP contribution in [0.4, 0.5) is 0 Å². The van der Waals surface area contributed by atoms with Gasteiger partial charge in [-0.3, -0.25) is 9.78 Å². The van der Waals surface area contributed by atoms with E-state index in [-0.39, 0.29) is 29.1 Å². The molecule has 0 N–H and O–H groups in total. The molecule has 3 rings (SSSR count). The number of carbonyl (C=O) groups excluding carboxylic acids is 1. The molecule has 2 heterocycles. The van der Waals surface area contributed by atoms with Crippen molar-refractivity contribution in [1.82, 2.24) is 4.98 Å². The van der Waals surface area contributed by atoms with Crippen LogP contribution in [0, 0.1) is 0 Å². The van der Waals surface area contributed by atoms with Crippen LogP contribution in [-0.2, 0) is 6.42 Å². The fourth-order valence-electron chi connectivity index (χ4n) is 1.94. The molecule has 0 saturated carbocycles. The van der Waals surface area contributed by atoms with Crippen molar-refractivity contribution < 1.29 is 13.6 Å². The summed E-state index contributed by atoms with van der Waals surface area (Å²) in [5, 5.41) is 0. The van der Waals surface area contributed by atoms with Crippen LogP contribution in [-0.4, -0.2) is 10.8 Å². The van der Waals surface area contributed by atoms with Crippen molar-refractivity contribution >= 4 is 16.9 Å². The molecule has 104 valence electrons. The Morgan fingerprint density at radius 3 is 2.48 bits per heavy atom. The summed E-state index contributed by atoms with van der Waals surface area (Å²) in [4.78, 5) is 38.6. The summed E-state index contributed by atoms with van der Waals surface area (Å²) in [6.45, 7) is 0. The number of hydrogen-bond donors (Lipinski definition) is 0. The standard InChI is InChI=1S/C15H9NO5/c17-11(9-4-2-1-3-5-9)8-10-13-12(6-7-16-10)20-14(18)15(19)21-13/h1-7H,8H2. The molecule has 2 aromatic heterocycles. The largest absolute Gasteiger partial charge is 0.423 e. The molecule has 0 amide bonds. The average molecular weight is 283 g/mol. The molecule has 6 heteroatoms. The van der Waals surface area contributed by atoms with Crippen LogP contribution < -0.4 is 11.3 Å². The lowest BCUT2D eigenvalue weighted by molar-refractivity contribution is 0.0992. The molecule has 0 aliphatic rings. The summed E-state index contributed by atoms with van der Waals surface area (Å²) >= 11 is 0. The Bertz CT molecular complexity index is 924. The van der Waals surface area contributed by atoms with Gasteiger partial charge in [0, 0.05) is 17.8 Å². The van der Waals surface area contributed by atoms with E-state index in [1.807, 2.05) is 0 Å². The predicted molar refractivity (Wildman–Crippen MR) is 73.3 cm³/mol. The van der Waals surface area contributed by atoms with Gasteiger partial charge in [0.2, 0.25) is 0 Å². The van der Waals surface area contributed by atoms with Crippen molar-refractivity contribution in [2.75, 3.05) is 0 Å². The molecule has 6 nitrogen and oxygen atoms in total. The van der Waals surface area contributed by atoms with Gasteiger partial charge in [-0.15, -0.1) is 0 Å². The lowest BCUT2D eigenvalue weighted by Crippen LogP contribution is -2.21. The number of rotatable bonds is 3. The number of nitrogens with zero attached hydrogens (tertiary/aromatic N) is 1. The first-order valence-electron chi connectivity index (χ1n) is 6.15. The number of hydrogen-bond acceptors (Lipinski definition) is 6. The van der Waals surface area contributed by atoms with Crippen molar-refractivity contribution in [2.24, 2.45) is 0 Å². The van der Waals surface area contributed by atoms with Crippen molar-refractivity contribution in [3.8, 4) is 0 Å².